The average Bonchev–Trinajstić information content (AvgIpc) is 2.90. The molecule has 16 heavy (non-hydrogen) atoms. The van der Waals surface area contributed by atoms with E-state index in [1.54, 1.807) is 6.08 Å². The first-order chi connectivity index (χ1) is 7.85. The van der Waals surface area contributed by atoms with E-state index in [2.05, 4.69) is 23.7 Å². The fourth-order valence-electron chi connectivity index (χ4n) is 1.68. The summed E-state index contributed by atoms with van der Waals surface area (Å²) in [7, 11) is 0. The third-order valence-corrected chi connectivity index (χ3v) is 2.42. The van der Waals surface area contributed by atoms with Crippen LogP contribution in [0.2, 0.25) is 0 Å². The van der Waals surface area contributed by atoms with Gasteiger partial charge in [-0.15, -0.1) is 0 Å². The van der Waals surface area contributed by atoms with Crippen molar-refractivity contribution in [2.75, 3.05) is 6.61 Å². The van der Waals surface area contributed by atoms with Gasteiger partial charge in [0.15, 0.2) is 0 Å². The van der Waals surface area contributed by atoms with E-state index in [1.165, 1.54) is 0 Å². The monoisotopic (exact) mass is 214 g/mol. The maximum atomic E-state index is 5.69. The van der Waals surface area contributed by atoms with Crippen molar-refractivity contribution in [1.29, 1.82) is 0 Å². The summed E-state index contributed by atoms with van der Waals surface area (Å²) in [6.07, 6.45) is 8.41. The smallest absolute Gasteiger partial charge is 0.230 e. The predicted molar refractivity (Wildman–Crippen MR) is 62.1 cm³/mol. The molecule has 1 atom stereocenters. The van der Waals surface area contributed by atoms with Gasteiger partial charge in [-0.05, 0) is 30.4 Å². The van der Waals surface area contributed by atoms with Crippen LogP contribution in [0.3, 0.4) is 0 Å². The van der Waals surface area contributed by atoms with Crippen molar-refractivity contribution in [3.8, 4) is 23.7 Å². The first kappa shape index (κ1) is 10.9. The lowest BCUT2D eigenvalue weighted by molar-refractivity contribution is -0.135. The van der Waals surface area contributed by atoms with Gasteiger partial charge in [-0.25, -0.2) is 0 Å². The molecule has 0 amide bonds. The molecule has 2 heteroatoms. The van der Waals surface area contributed by atoms with Crippen molar-refractivity contribution in [2.24, 2.45) is 0 Å². The number of ether oxygens (including phenoxy) is 2. The Labute approximate surface area is 96.3 Å². The minimum absolute atomic E-state index is 0.497. The van der Waals surface area contributed by atoms with Gasteiger partial charge in [-0.3, -0.25) is 0 Å². The largest absolute Gasteiger partial charge is 0.458 e. The molecule has 2 aliphatic heterocycles. The first-order valence-electron chi connectivity index (χ1n) is 5.55. The van der Waals surface area contributed by atoms with Crippen LogP contribution in [-0.4, -0.2) is 12.4 Å². The van der Waals surface area contributed by atoms with E-state index in [-0.39, 0.29) is 0 Å². The van der Waals surface area contributed by atoms with Crippen molar-refractivity contribution in [2.45, 2.75) is 32.0 Å². The molecule has 1 saturated heterocycles. The molecular weight excluding hydrogens is 200 g/mol. The molecule has 0 aromatic rings. The molecule has 0 radical (unpaired) electrons. The Morgan fingerprint density at radius 1 is 1.50 bits per heavy atom. The lowest BCUT2D eigenvalue weighted by Gasteiger charge is -2.20. The zero-order chi connectivity index (χ0) is 11.3. The maximum absolute atomic E-state index is 5.69. The molecule has 0 N–H and O–H groups in total. The van der Waals surface area contributed by atoms with Crippen LogP contribution < -0.4 is 0 Å². The number of allylic oxidation sites excluding steroid dienone is 2. The molecule has 0 bridgehead atoms. The van der Waals surface area contributed by atoms with Gasteiger partial charge < -0.3 is 9.47 Å². The van der Waals surface area contributed by atoms with Gasteiger partial charge in [0.2, 0.25) is 5.79 Å². The van der Waals surface area contributed by atoms with Crippen LogP contribution >= 0.6 is 0 Å². The third kappa shape index (κ3) is 2.48. The van der Waals surface area contributed by atoms with Gasteiger partial charge in [0, 0.05) is 18.9 Å². The van der Waals surface area contributed by atoms with Crippen molar-refractivity contribution in [3.05, 3.63) is 24.0 Å². The molecule has 0 aromatic heterocycles. The Morgan fingerprint density at radius 2 is 2.44 bits per heavy atom. The zero-order valence-corrected chi connectivity index (χ0v) is 9.38. The Balaban J connectivity index is 1.95. The van der Waals surface area contributed by atoms with Crippen molar-refractivity contribution < 1.29 is 9.47 Å². The van der Waals surface area contributed by atoms with E-state index in [9.17, 15) is 0 Å². The van der Waals surface area contributed by atoms with Gasteiger partial charge in [0.1, 0.15) is 5.76 Å². The van der Waals surface area contributed by atoms with Crippen LogP contribution in [0.15, 0.2) is 24.0 Å². The summed E-state index contributed by atoms with van der Waals surface area (Å²) in [6, 6.07) is 0. The van der Waals surface area contributed by atoms with Crippen LogP contribution in [0.5, 0.6) is 0 Å². The van der Waals surface area contributed by atoms with Crippen LogP contribution in [0, 0.1) is 23.7 Å². The van der Waals surface area contributed by atoms with E-state index in [0.717, 1.165) is 31.6 Å². The maximum Gasteiger partial charge on any atom is 0.230 e. The molecule has 2 heterocycles. The molecule has 0 aromatic carbocycles. The molecule has 82 valence electrons. The van der Waals surface area contributed by atoms with Crippen LogP contribution in [0.4, 0.5) is 0 Å². The van der Waals surface area contributed by atoms with E-state index in [0.29, 0.717) is 0 Å². The summed E-state index contributed by atoms with van der Waals surface area (Å²) in [6.45, 7) is 2.77. The fraction of sp³-hybridized carbons (Fsp3) is 0.429. The highest BCUT2D eigenvalue weighted by atomic mass is 16.7. The topological polar surface area (TPSA) is 18.5 Å². The van der Waals surface area contributed by atoms with E-state index < -0.39 is 5.79 Å². The zero-order valence-electron chi connectivity index (χ0n) is 9.38. The number of hydrogen-bond donors (Lipinski definition) is 0. The minimum Gasteiger partial charge on any atom is -0.458 e. The molecule has 0 saturated carbocycles. The Hall–Kier alpha value is -1.64. The van der Waals surface area contributed by atoms with E-state index >= 15 is 0 Å². The Bertz CT molecular complexity index is 429. The van der Waals surface area contributed by atoms with Crippen molar-refractivity contribution in [1.82, 2.24) is 0 Å². The SMILES string of the molecule is CCC#CC#C/C=C1/C=CC2(CCCO2)O1. The molecule has 0 aliphatic carbocycles. The second-order valence-corrected chi connectivity index (χ2v) is 3.67. The predicted octanol–water partition coefficient (Wildman–Crippen LogP) is 2.38. The van der Waals surface area contributed by atoms with Crippen molar-refractivity contribution >= 4 is 0 Å². The van der Waals surface area contributed by atoms with Gasteiger partial charge in [0.25, 0.3) is 0 Å². The quantitative estimate of drug-likeness (QED) is 0.576. The molecule has 1 unspecified atom stereocenters. The highest BCUT2D eigenvalue weighted by Crippen LogP contribution is 2.35. The summed E-state index contributed by atoms with van der Waals surface area (Å²) in [5.41, 5.74) is 0. The van der Waals surface area contributed by atoms with Gasteiger partial charge in [-0.2, -0.15) is 0 Å². The highest BCUT2D eigenvalue weighted by molar-refractivity contribution is 5.35. The van der Waals surface area contributed by atoms with Gasteiger partial charge in [-0.1, -0.05) is 18.8 Å². The van der Waals surface area contributed by atoms with E-state index in [1.807, 2.05) is 19.1 Å². The molecular formula is C14H14O2. The lowest BCUT2D eigenvalue weighted by atomic mass is 10.2. The molecule has 2 rings (SSSR count). The van der Waals surface area contributed by atoms with Crippen LogP contribution in [-0.2, 0) is 9.47 Å². The summed E-state index contributed by atoms with van der Waals surface area (Å²) in [5.74, 6) is 11.5. The summed E-state index contributed by atoms with van der Waals surface area (Å²) in [5, 5.41) is 0. The second-order valence-electron chi connectivity index (χ2n) is 3.67. The number of rotatable bonds is 0. The summed E-state index contributed by atoms with van der Waals surface area (Å²) < 4.78 is 11.2. The fourth-order valence-corrected chi connectivity index (χ4v) is 1.68. The Kier molecular flexibility index (Phi) is 3.34. The molecule has 1 spiro atoms. The Morgan fingerprint density at radius 3 is 3.19 bits per heavy atom. The standard InChI is InChI=1S/C14H14O2/c1-2-3-4-5-6-8-13-9-11-14(16-13)10-7-12-15-14/h8-9,11H,2,7,10,12H2,1H3/b13-8-. The third-order valence-electron chi connectivity index (χ3n) is 2.42. The lowest BCUT2D eigenvalue weighted by Crippen LogP contribution is -2.24. The average molecular weight is 214 g/mol. The molecule has 2 nitrogen and oxygen atoms in total. The van der Waals surface area contributed by atoms with Crippen LogP contribution in [0.25, 0.3) is 0 Å². The van der Waals surface area contributed by atoms with Gasteiger partial charge >= 0.3 is 0 Å². The first-order valence-corrected chi connectivity index (χ1v) is 5.55. The highest BCUT2D eigenvalue weighted by Gasteiger charge is 2.38. The van der Waals surface area contributed by atoms with Crippen LogP contribution in [0.1, 0.15) is 26.2 Å². The van der Waals surface area contributed by atoms with E-state index in [4.69, 9.17) is 9.47 Å². The molecule has 1 fully saturated rings. The summed E-state index contributed by atoms with van der Waals surface area (Å²) in [4.78, 5) is 0. The minimum atomic E-state index is -0.497. The van der Waals surface area contributed by atoms with Crippen molar-refractivity contribution in [3.63, 3.8) is 0 Å². The molecule has 2 aliphatic rings. The normalized spacial score (nSPS) is 28.4. The van der Waals surface area contributed by atoms with Gasteiger partial charge in [0.05, 0.1) is 6.61 Å². The number of hydrogen-bond acceptors (Lipinski definition) is 2. The second kappa shape index (κ2) is 4.92. The summed E-state index contributed by atoms with van der Waals surface area (Å²) >= 11 is 0.